The van der Waals surface area contributed by atoms with Crippen molar-refractivity contribution in [2.75, 3.05) is 11.4 Å². The van der Waals surface area contributed by atoms with E-state index in [2.05, 4.69) is 15.0 Å². The average Bonchev–Trinajstić information content (AvgIpc) is 2.94. The topological polar surface area (TPSA) is 94.5 Å². The van der Waals surface area contributed by atoms with Gasteiger partial charge in [0.1, 0.15) is 27.2 Å². The molecule has 138 valence electrons. The first-order valence-corrected chi connectivity index (χ1v) is 9.61. The van der Waals surface area contributed by atoms with Gasteiger partial charge in [-0.05, 0) is 23.8 Å². The monoisotopic (exact) mass is 404 g/mol. The highest BCUT2D eigenvalue weighted by molar-refractivity contribution is 7.93. The average molecular weight is 405 g/mol. The van der Waals surface area contributed by atoms with Gasteiger partial charge in [-0.3, -0.25) is 4.98 Å². The van der Waals surface area contributed by atoms with Gasteiger partial charge < -0.3 is 9.47 Å². The minimum atomic E-state index is -3.89. The third-order valence-electron chi connectivity index (χ3n) is 3.94. The third kappa shape index (κ3) is 3.04. The Morgan fingerprint density at radius 1 is 1.19 bits per heavy atom. The number of methoxy groups -OCH3 is 1. The molecule has 0 fully saturated rings. The van der Waals surface area contributed by atoms with Gasteiger partial charge in [0.05, 0.1) is 19.9 Å². The molecule has 0 aliphatic carbocycles. The quantitative estimate of drug-likeness (QED) is 0.659. The van der Waals surface area contributed by atoms with E-state index in [1.807, 2.05) is 0 Å². The van der Waals surface area contributed by atoms with Crippen LogP contribution in [0, 0.1) is 0 Å². The summed E-state index contributed by atoms with van der Waals surface area (Å²) in [4.78, 5) is 12.2. The molecular formula is C17H13ClN4O4S. The highest BCUT2D eigenvalue weighted by Gasteiger charge is 2.39. The number of sulfonamides is 1. The predicted molar refractivity (Wildman–Crippen MR) is 97.7 cm³/mol. The lowest BCUT2D eigenvalue weighted by Gasteiger charge is -2.16. The molecule has 4 rings (SSSR count). The number of nitrogens with zero attached hydrogens (tertiary/aromatic N) is 4. The highest BCUT2D eigenvalue weighted by Crippen LogP contribution is 2.42. The van der Waals surface area contributed by atoms with Crippen molar-refractivity contribution in [1.82, 2.24) is 15.0 Å². The zero-order chi connectivity index (χ0) is 19.0. The number of ether oxygens (including phenoxy) is 2. The molecular weight excluding hydrogens is 392 g/mol. The molecule has 8 nitrogen and oxygen atoms in total. The second-order valence-electron chi connectivity index (χ2n) is 5.57. The highest BCUT2D eigenvalue weighted by atomic mass is 35.5. The molecule has 0 N–H and O–H groups in total. The van der Waals surface area contributed by atoms with E-state index in [1.165, 1.54) is 25.6 Å². The van der Waals surface area contributed by atoms with Crippen LogP contribution in [0.2, 0.25) is 5.02 Å². The smallest absolute Gasteiger partial charge is 0.323 e. The van der Waals surface area contributed by atoms with E-state index in [1.54, 1.807) is 30.5 Å². The van der Waals surface area contributed by atoms with E-state index in [9.17, 15) is 8.42 Å². The Labute approximate surface area is 160 Å². The third-order valence-corrected chi connectivity index (χ3v) is 6.31. The van der Waals surface area contributed by atoms with Crippen molar-refractivity contribution >= 4 is 27.4 Å². The van der Waals surface area contributed by atoms with Crippen molar-refractivity contribution < 1.29 is 17.9 Å². The van der Waals surface area contributed by atoms with Gasteiger partial charge >= 0.3 is 6.01 Å². The Kier molecular flexibility index (Phi) is 4.33. The number of pyridine rings is 1. The molecule has 0 saturated heterocycles. The van der Waals surface area contributed by atoms with Crippen molar-refractivity contribution in [2.45, 2.75) is 11.4 Å². The molecule has 0 unspecified atom stereocenters. The fourth-order valence-electron chi connectivity index (χ4n) is 2.73. The molecule has 0 atom stereocenters. The summed E-state index contributed by atoms with van der Waals surface area (Å²) in [6.45, 7) is 0.102. The van der Waals surface area contributed by atoms with Crippen molar-refractivity contribution in [1.29, 1.82) is 0 Å². The second-order valence-corrected chi connectivity index (χ2v) is 7.75. The Bertz CT molecular complexity index is 1110. The van der Waals surface area contributed by atoms with Crippen LogP contribution < -0.4 is 13.8 Å². The SMILES string of the molecule is COc1ccc2c(c1Cl)S(=O)(=O)N(c1ccnc(Oc3cccnc3)n1)C2. The Morgan fingerprint density at radius 2 is 2.04 bits per heavy atom. The number of anilines is 1. The number of aromatic nitrogens is 3. The van der Waals surface area contributed by atoms with Crippen molar-refractivity contribution in [3.05, 3.63) is 59.5 Å². The molecule has 3 aromatic rings. The maximum absolute atomic E-state index is 13.0. The first-order valence-electron chi connectivity index (χ1n) is 7.80. The molecule has 2 aromatic heterocycles. The molecule has 0 bridgehead atoms. The summed E-state index contributed by atoms with van der Waals surface area (Å²) in [5, 5.41) is 0.0541. The largest absolute Gasteiger partial charge is 0.495 e. The number of rotatable bonds is 4. The first kappa shape index (κ1) is 17.5. The second kappa shape index (κ2) is 6.67. The van der Waals surface area contributed by atoms with Gasteiger partial charge in [0, 0.05) is 18.5 Å². The summed E-state index contributed by atoms with van der Waals surface area (Å²) in [6.07, 6.45) is 4.54. The number of fused-ring (bicyclic) bond motifs is 1. The lowest BCUT2D eigenvalue weighted by molar-refractivity contribution is 0.413. The molecule has 0 spiro atoms. The van der Waals surface area contributed by atoms with E-state index in [-0.39, 0.29) is 28.3 Å². The van der Waals surface area contributed by atoms with Gasteiger partial charge in [-0.2, -0.15) is 4.98 Å². The molecule has 1 aliphatic rings. The molecule has 3 heterocycles. The minimum Gasteiger partial charge on any atom is -0.495 e. The van der Waals surface area contributed by atoms with Crippen molar-refractivity contribution in [2.24, 2.45) is 0 Å². The number of hydrogen-bond donors (Lipinski definition) is 0. The summed E-state index contributed by atoms with van der Waals surface area (Å²) in [7, 11) is -2.46. The maximum atomic E-state index is 13.0. The minimum absolute atomic E-state index is 0.00957. The molecule has 1 aliphatic heterocycles. The van der Waals surface area contributed by atoms with E-state index in [0.717, 1.165) is 4.31 Å². The Hall–Kier alpha value is -2.91. The predicted octanol–water partition coefficient (Wildman–Crippen LogP) is 3.03. The number of hydrogen-bond acceptors (Lipinski definition) is 7. The molecule has 27 heavy (non-hydrogen) atoms. The van der Waals surface area contributed by atoms with Gasteiger partial charge in [0.15, 0.2) is 0 Å². The zero-order valence-electron chi connectivity index (χ0n) is 14.0. The summed E-state index contributed by atoms with van der Waals surface area (Å²) in [6, 6.07) is 8.21. The van der Waals surface area contributed by atoms with Gasteiger partial charge in [-0.25, -0.2) is 17.7 Å². The van der Waals surface area contributed by atoms with Crippen LogP contribution in [-0.2, 0) is 16.6 Å². The molecule has 10 heteroatoms. The summed E-state index contributed by atoms with van der Waals surface area (Å²) >= 11 is 6.23. The normalized spacial score (nSPS) is 14.7. The van der Waals surface area contributed by atoms with Crippen LogP contribution in [0.5, 0.6) is 17.5 Å². The van der Waals surface area contributed by atoms with Crippen LogP contribution in [0.3, 0.4) is 0 Å². The summed E-state index contributed by atoms with van der Waals surface area (Å²) < 4.78 is 37.8. The fraction of sp³-hybridized carbons (Fsp3) is 0.118. The Balaban J connectivity index is 1.71. The summed E-state index contributed by atoms with van der Waals surface area (Å²) in [5.74, 6) is 0.911. The maximum Gasteiger partial charge on any atom is 0.323 e. The van der Waals surface area contributed by atoms with Crippen molar-refractivity contribution in [3.63, 3.8) is 0 Å². The van der Waals surface area contributed by atoms with E-state index >= 15 is 0 Å². The van der Waals surface area contributed by atoms with Crippen LogP contribution in [0.15, 0.2) is 53.8 Å². The first-order chi connectivity index (χ1) is 13.0. The van der Waals surface area contributed by atoms with Crippen LogP contribution in [-0.4, -0.2) is 30.5 Å². The van der Waals surface area contributed by atoms with Crippen LogP contribution in [0.25, 0.3) is 0 Å². The van der Waals surface area contributed by atoms with Gasteiger partial charge in [0.2, 0.25) is 0 Å². The number of benzene rings is 1. The van der Waals surface area contributed by atoms with Gasteiger partial charge in [-0.15, -0.1) is 0 Å². The van der Waals surface area contributed by atoms with Crippen LogP contribution in [0.1, 0.15) is 5.56 Å². The van der Waals surface area contributed by atoms with Gasteiger partial charge in [0.25, 0.3) is 10.0 Å². The van der Waals surface area contributed by atoms with Gasteiger partial charge in [-0.1, -0.05) is 17.7 Å². The summed E-state index contributed by atoms with van der Waals surface area (Å²) in [5.41, 5.74) is 0.564. The lowest BCUT2D eigenvalue weighted by atomic mass is 10.2. The number of halogens is 1. The standard InChI is InChI=1S/C17H13ClN4O4S/c1-25-13-5-4-11-10-22(27(23,24)16(11)15(13)18)14-6-8-20-17(21-14)26-12-3-2-7-19-9-12/h2-9H,10H2,1H3. The lowest BCUT2D eigenvalue weighted by Crippen LogP contribution is -2.25. The van der Waals surface area contributed by atoms with Crippen LogP contribution >= 0.6 is 11.6 Å². The molecule has 1 aromatic carbocycles. The van der Waals surface area contributed by atoms with E-state index in [0.29, 0.717) is 17.1 Å². The zero-order valence-corrected chi connectivity index (χ0v) is 15.6. The van der Waals surface area contributed by atoms with E-state index < -0.39 is 10.0 Å². The van der Waals surface area contributed by atoms with E-state index in [4.69, 9.17) is 21.1 Å². The van der Waals surface area contributed by atoms with Crippen LogP contribution in [0.4, 0.5) is 5.82 Å². The Morgan fingerprint density at radius 3 is 2.78 bits per heavy atom. The molecule has 0 amide bonds. The molecule has 0 saturated carbocycles. The molecule has 0 radical (unpaired) electrons. The van der Waals surface area contributed by atoms with Crippen molar-refractivity contribution in [3.8, 4) is 17.5 Å². The fourth-order valence-corrected chi connectivity index (χ4v) is 4.95.